The second-order valence-corrected chi connectivity index (χ2v) is 5.33. The summed E-state index contributed by atoms with van der Waals surface area (Å²) in [4.78, 5) is 8.08. The summed E-state index contributed by atoms with van der Waals surface area (Å²) in [7, 11) is 1.72. The van der Waals surface area contributed by atoms with Gasteiger partial charge in [-0.25, -0.2) is 4.98 Å². The highest BCUT2D eigenvalue weighted by atomic mass is 32.1. The molecule has 0 bridgehead atoms. The molecule has 1 aromatic heterocycles. The molecule has 0 saturated carbocycles. The fourth-order valence-corrected chi connectivity index (χ4v) is 2.78. The number of ether oxygens (including phenoxy) is 2. The maximum absolute atomic E-state index is 5.45. The van der Waals surface area contributed by atoms with Crippen molar-refractivity contribution in [3.63, 3.8) is 0 Å². The van der Waals surface area contributed by atoms with E-state index in [0.717, 1.165) is 57.6 Å². The third kappa shape index (κ3) is 4.20. The lowest BCUT2D eigenvalue weighted by Crippen LogP contribution is -2.25. The molecule has 1 fully saturated rings. The molecule has 0 atom stereocenters. The van der Waals surface area contributed by atoms with Gasteiger partial charge < -0.3 is 19.7 Å². The third-order valence-electron chi connectivity index (χ3n) is 2.82. The number of nitrogens with one attached hydrogen (secondary N) is 1. The van der Waals surface area contributed by atoms with Crippen LogP contribution >= 0.6 is 11.3 Å². The van der Waals surface area contributed by atoms with Crippen LogP contribution in [0.2, 0.25) is 0 Å². The van der Waals surface area contributed by atoms with Crippen LogP contribution < -0.4 is 10.2 Å². The third-order valence-corrected chi connectivity index (χ3v) is 3.87. The van der Waals surface area contributed by atoms with E-state index in [1.54, 1.807) is 18.4 Å². The van der Waals surface area contributed by atoms with Gasteiger partial charge in [-0.1, -0.05) is 0 Å². The SMILES string of the molecule is COCCNCc1cnc(N2CCCOCC2)s1. The van der Waals surface area contributed by atoms with Gasteiger partial charge in [-0.3, -0.25) is 0 Å². The Labute approximate surface area is 112 Å². The van der Waals surface area contributed by atoms with Crippen molar-refractivity contribution in [2.75, 3.05) is 51.5 Å². The molecule has 0 aliphatic carbocycles. The van der Waals surface area contributed by atoms with Crippen molar-refractivity contribution in [2.45, 2.75) is 13.0 Å². The zero-order chi connectivity index (χ0) is 12.6. The second-order valence-electron chi connectivity index (χ2n) is 4.23. The van der Waals surface area contributed by atoms with Gasteiger partial charge in [0.1, 0.15) is 0 Å². The molecule has 0 aromatic carbocycles. The second kappa shape index (κ2) is 7.68. The molecule has 1 N–H and O–H groups in total. The monoisotopic (exact) mass is 271 g/mol. The number of methoxy groups -OCH3 is 1. The van der Waals surface area contributed by atoms with Crippen LogP contribution in [0.4, 0.5) is 5.13 Å². The summed E-state index contributed by atoms with van der Waals surface area (Å²) >= 11 is 1.76. The molecule has 2 heterocycles. The fourth-order valence-electron chi connectivity index (χ4n) is 1.85. The van der Waals surface area contributed by atoms with Crippen molar-refractivity contribution < 1.29 is 9.47 Å². The van der Waals surface area contributed by atoms with Crippen molar-refractivity contribution in [3.8, 4) is 0 Å². The highest BCUT2D eigenvalue weighted by Gasteiger charge is 2.13. The predicted octanol–water partition coefficient (Wildman–Crippen LogP) is 1.11. The molecule has 0 radical (unpaired) electrons. The minimum absolute atomic E-state index is 0.745. The van der Waals surface area contributed by atoms with Gasteiger partial charge in [-0.05, 0) is 6.42 Å². The number of rotatable bonds is 6. The van der Waals surface area contributed by atoms with Crippen LogP contribution in [0.3, 0.4) is 0 Å². The maximum Gasteiger partial charge on any atom is 0.185 e. The van der Waals surface area contributed by atoms with E-state index >= 15 is 0 Å². The lowest BCUT2D eigenvalue weighted by molar-refractivity contribution is 0.152. The van der Waals surface area contributed by atoms with Gasteiger partial charge in [0.15, 0.2) is 5.13 Å². The first-order chi connectivity index (χ1) is 8.90. The quantitative estimate of drug-likeness (QED) is 0.785. The lowest BCUT2D eigenvalue weighted by atomic mass is 10.4. The maximum atomic E-state index is 5.45. The van der Waals surface area contributed by atoms with E-state index in [9.17, 15) is 0 Å². The molecule has 1 aliphatic rings. The average molecular weight is 271 g/mol. The lowest BCUT2D eigenvalue weighted by Gasteiger charge is -2.17. The first-order valence-corrected chi connectivity index (χ1v) is 7.19. The van der Waals surface area contributed by atoms with E-state index in [-0.39, 0.29) is 0 Å². The van der Waals surface area contributed by atoms with Gasteiger partial charge in [0, 0.05) is 51.0 Å². The van der Waals surface area contributed by atoms with Crippen molar-refractivity contribution >= 4 is 16.5 Å². The molecule has 1 saturated heterocycles. The minimum atomic E-state index is 0.745. The molecule has 1 aliphatic heterocycles. The summed E-state index contributed by atoms with van der Waals surface area (Å²) in [6.45, 7) is 6.16. The first kappa shape index (κ1) is 13.7. The first-order valence-electron chi connectivity index (χ1n) is 6.37. The molecular formula is C12H21N3O2S. The molecule has 2 rings (SSSR count). The zero-order valence-corrected chi connectivity index (χ0v) is 11.7. The van der Waals surface area contributed by atoms with E-state index in [2.05, 4.69) is 15.2 Å². The summed E-state index contributed by atoms with van der Waals surface area (Å²) in [6.07, 6.45) is 3.05. The van der Waals surface area contributed by atoms with E-state index in [4.69, 9.17) is 9.47 Å². The fraction of sp³-hybridized carbons (Fsp3) is 0.750. The molecular weight excluding hydrogens is 250 g/mol. The molecule has 0 amide bonds. The summed E-state index contributed by atoms with van der Waals surface area (Å²) < 4.78 is 10.5. The van der Waals surface area contributed by atoms with Crippen molar-refractivity contribution in [1.29, 1.82) is 0 Å². The zero-order valence-electron chi connectivity index (χ0n) is 10.9. The normalized spacial score (nSPS) is 16.8. The summed E-state index contributed by atoms with van der Waals surface area (Å²) in [5, 5.41) is 4.45. The number of hydrogen-bond donors (Lipinski definition) is 1. The Hall–Kier alpha value is -0.690. The van der Waals surface area contributed by atoms with Crippen molar-refractivity contribution in [3.05, 3.63) is 11.1 Å². The Kier molecular flexibility index (Phi) is 5.86. The number of hydrogen-bond acceptors (Lipinski definition) is 6. The molecule has 0 spiro atoms. The number of nitrogens with zero attached hydrogens (tertiary/aromatic N) is 2. The van der Waals surface area contributed by atoms with Crippen LogP contribution in [0, 0.1) is 0 Å². The smallest absolute Gasteiger partial charge is 0.185 e. The summed E-state index contributed by atoms with van der Waals surface area (Å²) in [5.74, 6) is 0. The van der Waals surface area contributed by atoms with Gasteiger partial charge in [0.05, 0.1) is 13.2 Å². The predicted molar refractivity (Wildman–Crippen MR) is 73.3 cm³/mol. The highest BCUT2D eigenvalue weighted by Crippen LogP contribution is 2.23. The molecule has 102 valence electrons. The van der Waals surface area contributed by atoms with Crippen LogP contribution in [-0.4, -0.2) is 51.5 Å². The van der Waals surface area contributed by atoms with Gasteiger partial charge >= 0.3 is 0 Å². The number of thiazole rings is 1. The number of anilines is 1. The van der Waals surface area contributed by atoms with Crippen molar-refractivity contribution in [2.24, 2.45) is 0 Å². The largest absolute Gasteiger partial charge is 0.383 e. The highest BCUT2D eigenvalue weighted by molar-refractivity contribution is 7.15. The Morgan fingerprint density at radius 3 is 3.33 bits per heavy atom. The molecule has 1 aromatic rings. The molecule has 6 heteroatoms. The van der Waals surface area contributed by atoms with Crippen LogP contribution in [0.15, 0.2) is 6.20 Å². The van der Waals surface area contributed by atoms with E-state index in [0.29, 0.717) is 0 Å². The molecule has 18 heavy (non-hydrogen) atoms. The van der Waals surface area contributed by atoms with E-state index in [1.165, 1.54) is 4.88 Å². The Morgan fingerprint density at radius 2 is 2.44 bits per heavy atom. The van der Waals surface area contributed by atoms with E-state index < -0.39 is 0 Å². The Balaban J connectivity index is 1.81. The van der Waals surface area contributed by atoms with Gasteiger partial charge in [-0.2, -0.15) is 0 Å². The summed E-state index contributed by atoms with van der Waals surface area (Å²) in [5.41, 5.74) is 0. The Morgan fingerprint density at radius 1 is 1.50 bits per heavy atom. The van der Waals surface area contributed by atoms with Crippen LogP contribution in [0.1, 0.15) is 11.3 Å². The van der Waals surface area contributed by atoms with Gasteiger partial charge in [0.25, 0.3) is 0 Å². The van der Waals surface area contributed by atoms with Crippen LogP contribution in [-0.2, 0) is 16.0 Å². The Bertz CT molecular complexity index is 338. The van der Waals surface area contributed by atoms with Crippen molar-refractivity contribution in [1.82, 2.24) is 10.3 Å². The van der Waals surface area contributed by atoms with Crippen LogP contribution in [0.5, 0.6) is 0 Å². The molecule has 5 nitrogen and oxygen atoms in total. The van der Waals surface area contributed by atoms with Gasteiger partial charge in [-0.15, -0.1) is 11.3 Å². The van der Waals surface area contributed by atoms with E-state index in [1.807, 2.05) is 6.20 Å². The topological polar surface area (TPSA) is 46.6 Å². The van der Waals surface area contributed by atoms with Crippen LogP contribution in [0.25, 0.3) is 0 Å². The summed E-state index contributed by atoms with van der Waals surface area (Å²) in [6, 6.07) is 0. The molecule has 0 unspecified atom stereocenters. The number of aromatic nitrogens is 1. The minimum Gasteiger partial charge on any atom is -0.383 e. The average Bonchev–Trinajstić information content (AvgIpc) is 2.69. The van der Waals surface area contributed by atoms with Gasteiger partial charge in [0.2, 0.25) is 0 Å². The standard InChI is InChI=1S/C12H21N3O2S/c1-16-7-3-13-9-11-10-14-12(18-11)15-4-2-6-17-8-5-15/h10,13H,2-9H2,1H3.